The number of hydrogen-bond acceptors (Lipinski definition) is 6. The molecule has 2 aromatic rings. The van der Waals surface area contributed by atoms with E-state index in [1.165, 1.54) is 18.9 Å². The van der Waals surface area contributed by atoms with E-state index in [1.54, 1.807) is 41.3 Å². The molecule has 30 heavy (non-hydrogen) atoms. The number of aryl methyl sites for hydroxylation is 1. The lowest BCUT2D eigenvalue weighted by molar-refractivity contribution is -0.122. The maximum atomic E-state index is 12.6. The minimum atomic E-state index is -0.460. The molecule has 0 bridgehead atoms. The highest BCUT2D eigenvalue weighted by molar-refractivity contribution is 8.26. The van der Waals surface area contributed by atoms with Crippen LogP contribution < -0.4 is 9.47 Å². The highest BCUT2D eigenvalue weighted by Crippen LogP contribution is 2.35. The Labute approximate surface area is 186 Å². The van der Waals surface area contributed by atoms with Gasteiger partial charge < -0.3 is 9.47 Å². The molecule has 156 valence electrons. The number of hydrogen-bond donors (Lipinski definition) is 0. The smallest absolute Gasteiger partial charge is 0.343 e. The summed E-state index contributed by atoms with van der Waals surface area (Å²) in [5.41, 5.74) is 2.29. The number of unbranched alkanes of at least 4 members (excludes halogenated alkanes) is 1. The molecule has 0 spiro atoms. The summed E-state index contributed by atoms with van der Waals surface area (Å²) in [5.74, 6) is 0.187. The monoisotopic (exact) mass is 441 g/mol. The van der Waals surface area contributed by atoms with Crippen molar-refractivity contribution in [1.82, 2.24) is 4.90 Å². The van der Waals surface area contributed by atoms with Gasteiger partial charge in [0.2, 0.25) is 0 Å². The zero-order valence-corrected chi connectivity index (χ0v) is 18.8. The summed E-state index contributed by atoms with van der Waals surface area (Å²) in [4.78, 5) is 27.2. The lowest BCUT2D eigenvalue weighted by Crippen LogP contribution is -2.28. The van der Waals surface area contributed by atoms with E-state index in [0.29, 0.717) is 32.8 Å². The van der Waals surface area contributed by atoms with Crippen LogP contribution in [0.2, 0.25) is 0 Å². The van der Waals surface area contributed by atoms with Crippen LogP contribution in [0.3, 0.4) is 0 Å². The lowest BCUT2D eigenvalue weighted by Gasteiger charge is -2.13. The summed E-state index contributed by atoms with van der Waals surface area (Å²) in [7, 11) is 1.51. The van der Waals surface area contributed by atoms with Crippen LogP contribution in [0.4, 0.5) is 0 Å². The van der Waals surface area contributed by atoms with E-state index in [9.17, 15) is 9.59 Å². The number of methoxy groups -OCH3 is 1. The van der Waals surface area contributed by atoms with Crippen LogP contribution >= 0.6 is 24.0 Å². The first-order valence-electron chi connectivity index (χ1n) is 9.65. The molecule has 1 heterocycles. The Kier molecular flexibility index (Phi) is 7.29. The molecule has 0 atom stereocenters. The Morgan fingerprint density at radius 1 is 1.17 bits per heavy atom. The van der Waals surface area contributed by atoms with Gasteiger partial charge in [0, 0.05) is 6.54 Å². The fourth-order valence-corrected chi connectivity index (χ4v) is 4.18. The summed E-state index contributed by atoms with van der Waals surface area (Å²) in [5, 5.41) is 0. The van der Waals surface area contributed by atoms with Gasteiger partial charge in [-0.3, -0.25) is 9.69 Å². The number of benzene rings is 2. The van der Waals surface area contributed by atoms with Gasteiger partial charge in [-0.25, -0.2) is 4.79 Å². The first kappa shape index (κ1) is 22.1. The van der Waals surface area contributed by atoms with Crippen molar-refractivity contribution < 1.29 is 19.1 Å². The van der Waals surface area contributed by atoms with E-state index in [2.05, 4.69) is 6.92 Å². The molecule has 0 aliphatic carbocycles. The van der Waals surface area contributed by atoms with Crippen LogP contribution in [-0.4, -0.2) is 34.8 Å². The molecule has 1 saturated heterocycles. The molecule has 2 aromatic carbocycles. The molecule has 5 nitrogen and oxygen atoms in total. The Morgan fingerprint density at radius 2 is 1.90 bits per heavy atom. The Bertz CT molecular complexity index is 999. The Morgan fingerprint density at radius 3 is 2.57 bits per heavy atom. The van der Waals surface area contributed by atoms with Gasteiger partial charge in [-0.2, -0.15) is 0 Å². The normalized spacial score (nSPS) is 15.0. The summed E-state index contributed by atoms with van der Waals surface area (Å²) in [6.45, 7) is 4.66. The van der Waals surface area contributed by atoms with Crippen molar-refractivity contribution in [2.45, 2.75) is 26.7 Å². The fourth-order valence-electron chi connectivity index (χ4n) is 2.87. The van der Waals surface area contributed by atoms with Crippen molar-refractivity contribution in [1.29, 1.82) is 0 Å². The van der Waals surface area contributed by atoms with Gasteiger partial charge in [-0.1, -0.05) is 61.1 Å². The maximum Gasteiger partial charge on any atom is 0.343 e. The largest absolute Gasteiger partial charge is 0.493 e. The van der Waals surface area contributed by atoms with E-state index >= 15 is 0 Å². The first-order chi connectivity index (χ1) is 14.4. The summed E-state index contributed by atoms with van der Waals surface area (Å²) >= 11 is 6.64. The number of thiocarbonyl (C=S) groups is 1. The molecule has 1 aliphatic heterocycles. The lowest BCUT2D eigenvalue weighted by atomic mass is 10.1. The molecule has 0 N–H and O–H groups in total. The molecule has 1 fully saturated rings. The highest BCUT2D eigenvalue weighted by Gasteiger charge is 2.31. The average Bonchev–Trinajstić information content (AvgIpc) is 3.00. The fraction of sp³-hybridized carbons (Fsp3) is 0.261. The summed E-state index contributed by atoms with van der Waals surface area (Å²) in [6, 6.07) is 12.3. The van der Waals surface area contributed by atoms with Crippen LogP contribution in [0.1, 0.15) is 41.3 Å². The SMILES string of the molecule is CCCCN1C(=O)C(=Cc2ccc(OC(=O)c3ccc(C)cc3)c(OC)c2)SC1=S. The van der Waals surface area contributed by atoms with Gasteiger partial charge in [-0.15, -0.1) is 0 Å². The average molecular weight is 442 g/mol. The summed E-state index contributed by atoms with van der Waals surface area (Å²) < 4.78 is 11.5. The topological polar surface area (TPSA) is 55.8 Å². The maximum absolute atomic E-state index is 12.6. The number of amides is 1. The van der Waals surface area contributed by atoms with Crippen molar-refractivity contribution in [3.05, 3.63) is 64.1 Å². The highest BCUT2D eigenvalue weighted by atomic mass is 32.2. The molecule has 0 saturated carbocycles. The van der Waals surface area contributed by atoms with Crippen molar-refractivity contribution >= 4 is 46.3 Å². The molecule has 3 rings (SSSR count). The number of nitrogens with zero attached hydrogens (tertiary/aromatic N) is 1. The van der Waals surface area contributed by atoms with E-state index in [0.717, 1.165) is 24.0 Å². The van der Waals surface area contributed by atoms with Gasteiger partial charge in [-0.05, 0) is 49.2 Å². The molecule has 0 aromatic heterocycles. The van der Waals surface area contributed by atoms with Crippen LogP contribution in [0.15, 0.2) is 47.4 Å². The van der Waals surface area contributed by atoms with Crippen molar-refractivity contribution in [2.75, 3.05) is 13.7 Å². The second kappa shape index (κ2) is 9.91. The van der Waals surface area contributed by atoms with Crippen LogP contribution in [-0.2, 0) is 4.79 Å². The van der Waals surface area contributed by atoms with Crippen molar-refractivity contribution in [3.63, 3.8) is 0 Å². The van der Waals surface area contributed by atoms with Crippen molar-refractivity contribution in [3.8, 4) is 11.5 Å². The second-order valence-electron chi connectivity index (χ2n) is 6.85. The number of ether oxygens (including phenoxy) is 2. The minimum Gasteiger partial charge on any atom is -0.493 e. The Hall–Kier alpha value is -2.64. The number of rotatable bonds is 7. The molecule has 0 radical (unpaired) electrons. The van der Waals surface area contributed by atoms with Crippen LogP contribution in [0.5, 0.6) is 11.5 Å². The van der Waals surface area contributed by atoms with Gasteiger partial charge in [0.1, 0.15) is 4.32 Å². The van der Waals surface area contributed by atoms with E-state index < -0.39 is 5.97 Å². The standard InChI is InChI=1S/C23H23NO4S2/c1-4-5-12-24-21(25)20(30-23(24)29)14-16-8-11-18(19(13-16)27-3)28-22(26)17-9-6-15(2)7-10-17/h6-11,13-14H,4-5,12H2,1-3H3. The predicted molar refractivity (Wildman–Crippen MR) is 124 cm³/mol. The first-order valence-corrected chi connectivity index (χ1v) is 10.9. The molecule has 7 heteroatoms. The summed E-state index contributed by atoms with van der Waals surface area (Å²) in [6.07, 6.45) is 3.68. The third-order valence-electron chi connectivity index (χ3n) is 4.58. The minimum absolute atomic E-state index is 0.0766. The van der Waals surface area contributed by atoms with E-state index in [4.69, 9.17) is 21.7 Å². The third-order valence-corrected chi connectivity index (χ3v) is 5.96. The Balaban J connectivity index is 1.78. The number of carbonyl (C=O) groups excluding carboxylic acids is 2. The van der Waals surface area contributed by atoms with Crippen LogP contribution in [0.25, 0.3) is 6.08 Å². The number of esters is 1. The molecule has 1 amide bonds. The van der Waals surface area contributed by atoms with Gasteiger partial charge >= 0.3 is 5.97 Å². The number of thioether (sulfide) groups is 1. The molecular weight excluding hydrogens is 418 g/mol. The molecule has 0 unspecified atom stereocenters. The third kappa shape index (κ3) is 5.09. The van der Waals surface area contributed by atoms with Crippen LogP contribution in [0, 0.1) is 6.92 Å². The molecular formula is C23H23NO4S2. The van der Waals surface area contributed by atoms with Gasteiger partial charge in [0.15, 0.2) is 11.5 Å². The molecule has 1 aliphatic rings. The second-order valence-corrected chi connectivity index (χ2v) is 8.53. The zero-order valence-electron chi connectivity index (χ0n) is 17.1. The van der Waals surface area contributed by atoms with E-state index in [-0.39, 0.29) is 5.91 Å². The quantitative estimate of drug-likeness (QED) is 0.254. The van der Waals surface area contributed by atoms with Gasteiger partial charge in [0.25, 0.3) is 5.91 Å². The van der Waals surface area contributed by atoms with Crippen molar-refractivity contribution in [2.24, 2.45) is 0 Å². The van der Waals surface area contributed by atoms with E-state index in [1.807, 2.05) is 19.1 Å². The zero-order chi connectivity index (χ0) is 21.7. The predicted octanol–water partition coefficient (Wildman–Crippen LogP) is 5.22. The van der Waals surface area contributed by atoms with Gasteiger partial charge in [0.05, 0.1) is 17.6 Å². The number of carbonyl (C=O) groups is 2.